The second kappa shape index (κ2) is 5.29. The Morgan fingerprint density at radius 2 is 2.11 bits per heavy atom. The third kappa shape index (κ3) is 4.00. The second-order valence-corrected chi connectivity index (χ2v) is 6.37. The minimum Gasteiger partial charge on any atom is -0.490 e. The fraction of sp³-hybridized carbons (Fsp3) is 0.600. The Bertz CT molecular complexity index is 394. The standard InChI is InChI=1S/C15H24N2O/c1-15(2,3)10-14(17-16)11-5-4-6-13(9-11)18-12-7-8-12/h4-6,9,12,14,17H,7-8,10,16H2,1-3H3. The third-order valence-electron chi connectivity index (χ3n) is 3.11. The Labute approximate surface area is 110 Å². The molecule has 1 fully saturated rings. The second-order valence-electron chi connectivity index (χ2n) is 6.37. The molecule has 0 heterocycles. The molecule has 1 saturated carbocycles. The molecule has 1 aromatic carbocycles. The van der Waals surface area contributed by atoms with Gasteiger partial charge in [0.05, 0.1) is 6.10 Å². The lowest BCUT2D eigenvalue weighted by Gasteiger charge is -2.26. The van der Waals surface area contributed by atoms with Crippen LogP contribution in [-0.2, 0) is 0 Å². The van der Waals surface area contributed by atoms with Crippen LogP contribution in [0.5, 0.6) is 5.75 Å². The SMILES string of the molecule is CC(C)(C)CC(NN)c1cccc(OC2CC2)c1. The molecule has 3 nitrogen and oxygen atoms in total. The summed E-state index contributed by atoms with van der Waals surface area (Å²) in [7, 11) is 0. The Morgan fingerprint density at radius 3 is 2.67 bits per heavy atom. The van der Waals surface area contributed by atoms with Crippen LogP contribution in [0, 0.1) is 5.41 Å². The van der Waals surface area contributed by atoms with E-state index in [9.17, 15) is 0 Å². The quantitative estimate of drug-likeness (QED) is 0.621. The Hall–Kier alpha value is -1.06. The molecule has 0 spiro atoms. The minimum atomic E-state index is 0.174. The van der Waals surface area contributed by atoms with E-state index in [4.69, 9.17) is 10.6 Å². The van der Waals surface area contributed by atoms with E-state index in [2.05, 4.69) is 38.3 Å². The summed E-state index contributed by atoms with van der Waals surface area (Å²) in [6.07, 6.45) is 3.80. The van der Waals surface area contributed by atoms with Crippen molar-refractivity contribution in [3.8, 4) is 5.75 Å². The highest BCUT2D eigenvalue weighted by Crippen LogP contribution is 2.32. The summed E-state index contributed by atoms with van der Waals surface area (Å²) < 4.78 is 5.82. The highest BCUT2D eigenvalue weighted by molar-refractivity contribution is 5.31. The van der Waals surface area contributed by atoms with Gasteiger partial charge in [-0.1, -0.05) is 32.9 Å². The molecule has 1 aromatic rings. The minimum absolute atomic E-state index is 0.174. The van der Waals surface area contributed by atoms with Crippen LogP contribution in [-0.4, -0.2) is 6.10 Å². The lowest BCUT2D eigenvalue weighted by atomic mass is 9.86. The summed E-state index contributed by atoms with van der Waals surface area (Å²) in [5.41, 5.74) is 4.36. The van der Waals surface area contributed by atoms with Crippen LogP contribution in [0.25, 0.3) is 0 Å². The first-order valence-electron chi connectivity index (χ1n) is 6.71. The summed E-state index contributed by atoms with van der Waals surface area (Å²) in [6, 6.07) is 8.45. The zero-order valence-corrected chi connectivity index (χ0v) is 11.6. The molecular formula is C15H24N2O. The van der Waals surface area contributed by atoms with E-state index in [0.717, 1.165) is 12.2 Å². The third-order valence-corrected chi connectivity index (χ3v) is 3.11. The van der Waals surface area contributed by atoms with Gasteiger partial charge in [0.2, 0.25) is 0 Å². The number of nitrogens with one attached hydrogen (secondary N) is 1. The lowest BCUT2D eigenvalue weighted by Crippen LogP contribution is -2.31. The van der Waals surface area contributed by atoms with Gasteiger partial charge < -0.3 is 4.74 Å². The van der Waals surface area contributed by atoms with Gasteiger partial charge in [-0.15, -0.1) is 0 Å². The molecule has 0 aliphatic heterocycles. The van der Waals surface area contributed by atoms with Crippen molar-refractivity contribution in [2.75, 3.05) is 0 Å². The van der Waals surface area contributed by atoms with E-state index in [0.29, 0.717) is 6.10 Å². The van der Waals surface area contributed by atoms with Gasteiger partial charge in [-0.25, -0.2) is 0 Å². The monoisotopic (exact) mass is 248 g/mol. The van der Waals surface area contributed by atoms with Gasteiger partial charge in [-0.05, 0) is 42.4 Å². The fourth-order valence-electron chi connectivity index (χ4n) is 2.07. The highest BCUT2D eigenvalue weighted by Gasteiger charge is 2.24. The molecule has 100 valence electrons. The van der Waals surface area contributed by atoms with E-state index in [1.54, 1.807) is 0 Å². The van der Waals surface area contributed by atoms with Gasteiger partial charge in [0.25, 0.3) is 0 Å². The molecule has 18 heavy (non-hydrogen) atoms. The van der Waals surface area contributed by atoms with Crippen LogP contribution in [0.4, 0.5) is 0 Å². The van der Waals surface area contributed by atoms with Crippen LogP contribution >= 0.6 is 0 Å². The van der Waals surface area contributed by atoms with Crippen LogP contribution in [0.3, 0.4) is 0 Å². The fourth-order valence-corrected chi connectivity index (χ4v) is 2.07. The van der Waals surface area contributed by atoms with Crippen LogP contribution < -0.4 is 16.0 Å². The maximum Gasteiger partial charge on any atom is 0.120 e. The van der Waals surface area contributed by atoms with Gasteiger partial charge in [-0.3, -0.25) is 11.3 Å². The molecule has 1 aliphatic rings. The van der Waals surface area contributed by atoms with Crippen molar-refractivity contribution in [2.45, 2.75) is 52.2 Å². The van der Waals surface area contributed by atoms with Crippen molar-refractivity contribution in [3.05, 3.63) is 29.8 Å². The Balaban J connectivity index is 2.08. The molecule has 1 aliphatic carbocycles. The number of rotatable bonds is 5. The van der Waals surface area contributed by atoms with Crippen molar-refractivity contribution in [3.63, 3.8) is 0 Å². The Morgan fingerprint density at radius 1 is 1.39 bits per heavy atom. The van der Waals surface area contributed by atoms with E-state index in [1.165, 1.54) is 18.4 Å². The van der Waals surface area contributed by atoms with Gasteiger partial charge in [0, 0.05) is 6.04 Å². The Kier molecular flexibility index (Phi) is 3.93. The first-order valence-corrected chi connectivity index (χ1v) is 6.71. The zero-order chi connectivity index (χ0) is 13.2. The zero-order valence-electron chi connectivity index (χ0n) is 11.6. The average Bonchev–Trinajstić information content (AvgIpc) is 3.09. The molecule has 3 N–H and O–H groups in total. The number of benzene rings is 1. The number of nitrogens with two attached hydrogens (primary N) is 1. The summed E-state index contributed by atoms with van der Waals surface area (Å²) in [5, 5.41) is 0. The summed E-state index contributed by atoms with van der Waals surface area (Å²) in [6.45, 7) is 6.67. The van der Waals surface area contributed by atoms with Crippen molar-refractivity contribution in [2.24, 2.45) is 11.3 Å². The van der Waals surface area contributed by atoms with Crippen LogP contribution in [0.2, 0.25) is 0 Å². The summed E-state index contributed by atoms with van der Waals surface area (Å²) in [4.78, 5) is 0. The van der Waals surface area contributed by atoms with E-state index in [1.807, 2.05) is 12.1 Å². The molecule has 3 heteroatoms. The van der Waals surface area contributed by atoms with Crippen LogP contribution in [0.15, 0.2) is 24.3 Å². The predicted molar refractivity (Wildman–Crippen MR) is 74.2 cm³/mol. The molecule has 0 saturated heterocycles. The number of hydrazine groups is 1. The molecule has 0 radical (unpaired) electrons. The normalized spacial score (nSPS) is 17.6. The van der Waals surface area contributed by atoms with E-state index < -0.39 is 0 Å². The smallest absolute Gasteiger partial charge is 0.120 e. The molecule has 2 rings (SSSR count). The van der Waals surface area contributed by atoms with E-state index in [-0.39, 0.29) is 11.5 Å². The van der Waals surface area contributed by atoms with Gasteiger partial charge in [-0.2, -0.15) is 0 Å². The maximum absolute atomic E-state index is 5.82. The molecule has 0 aromatic heterocycles. The molecule has 0 amide bonds. The van der Waals surface area contributed by atoms with Crippen molar-refractivity contribution in [1.82, 2.24) is 5.43 Å². The van der Waals surface area contributed by atoms with Crippen molar-refractivity contribution < 1.29 is 4.74 Å². The number of hydrogen-bond donors (Lipinski definition) is 2. The first-order chi connectivity index (χ1) is 8.48. The van der Waals surface area contributed by atoms with E-state index >= 15 is 0 Å². The summed E-state index contributed by atoms with van der Waals surface area (Å²) in [5.74, 6) is 6.65. The largest absolute Gasteiger partial charge is 0.490 e. The molecule has 0 bridgehead atoms. The molecule has 1 atom stereocenters. The molecular weight excluding hydrogens is 224 g/mol. The van der Waals surface area contributed by atoms with Gasteiger partial charge in [0.15, 0.2) is 0 Å². The lowest BCUT2D eigenvalue weighted by molar-refractivity contribution is 0.298. The van der Waals surface area contributed by atoms with Crippen LogP contribution in [0.1, 0.15) is 51.6 Å². The number of ether oxygens (including phenoxy) is 1. The van der Waals surface area contributed by atoms with Gasteiger partial charge in [0.1, 0.15) is 5.75 Å². The summed E-state index contributed by atoms with van der Waals surface area (Å²) >= 11 is 0. The maximum atomic E-state index is 5.82. The topological polar surface area (TPSA) is 47.3 Å². The highest BCUT2D eigenvalue weighted by atomic mass is 16.5. The van der Waals surface area contributed by atoms with Crippen molar-refractivity contribution >= 4 is 0 Å². The first kappa shape index (κ1) is 13.4. The van der Waals surface area contributed by atoms with Crippen molar-refractivity contribution in [1.29, 1.82) is 0 Å². The van der Waals surface area contributed by atoms with Gasteiger partial charge >= 0.3 is 0 Å². The number of hydrogen-bond acceptors (Lipinski definition) is 3. The average molecular weight is 248 g/mol. The molecule has 1 unspecified atom stereocenters. The predicted octanol–water partition coefficient (Wildman–Crippen LogP) is 3.17.